The summed E-state index contributed by atoms with van der Waals surface area (Å²) in [7, 11) is 0. The third kappa shape index (κ3) is 23.0. The molecule has 98 valence electrons. The van der Waals surface area contributed by atoms with E-state index < -0.39 is 0 Å². The number of hydroxylamine groups is 2. The van der Waals surface area contributed by atoms with E-state index >= 15 is 0 Å². The van der Waals surface area contributed by atoms with Crippen molar-refractivity contribution in [3.8, 4) is 0 Å². The zero-order valence-corrected chi connectivity index (χ0v) is 16.3. The average molecular weight is 276 g/mol. The van der Waals surface area contributed by atoms with Gasteiger partial charge in [0.2, 0.25) is 0 Å². The van der Waals surface area contributed by atoms with Crippen molar-refractivity contribution < 1.29 is 69.5 Å². The van der Waals surface area contributed by atoms with Crippen molar-refractivity contribution in [3.05, 3.63) is 11.0 Å². The average Bonchev–Trinajstić information content (AvgIpc) is 2.31. The molecule has 0 saturated carbocycles. The van der Waals surface area contributed by atoms with E-state index in [1.165, 1.54) is 51.4 Å². The Labute approximate surface area is 156 Å². The van der Waals surface area contributed by atoms with Crippen molar-refractivity contribution in [3.63, 3.8) is 0 Å². The minimum atomic E-state index is 0. The molecule has 0 saturated heterocycles. The maximum absolute atomic E-state index is 8.23. The molecule has 0 atom stereocenters. The van der Waals surface area contributed by atoms with Gasteiger partial charge in [0.15, 0.2) is 0 Å². The molecule has 0 fully saturated rings. The monoisotopic (exact) mass is 276 g/mol. The molecule has 0 aliphatic heterocycles. The zero-order chi connectivity index (χ0) is 11.9. The van der Waals surface area contributed by atoms with Crippen molar-refractivity contribution >= 4 is 0 Å². The second-order valence-corrected chi connectivity index (χ2v) is 4.27. The molecule has 0 bridgehead atoms. The summed E-state index contributed by atoms with van der Waals surface area (Å²) < 4.78 is 0. The van der Waals surface area contributed by atoms with Gasteiger partial charge >= 0.3 is 59.1 Å². The topological polar surface area (TPSA) is 68.7 Å². The van der Waals surface area contributed by atoms with Crippen LogP contribution >= 0.6 is 0 Å². The second-order valence-electron chi connectivity index (χ2n) is 4.27. The summed E-state index contributed by atoms with van der Waals surface area (Å²) in [5.74, 6) is 0. The minimum Gasteiger partial charge on any atom is -0.538 e. The van der Waals surface area contributed by atoms with E-state index in [2.05, 4.69) is 11.0 Å². The molecule has 0 heterocycles. The van der Waals surface area contributed by atoms with E-state index in [4.69, 9.17) is 10.4 Å². The van der Waals surface area contributed by atoms with Crippen LogP contribution < -0.4 is 59.1 Å². The largest absolute Gasteiger partial charge is 1.00 e. The predicted molar refractivity (Wildman–Crippen MR) is 66.2 cm³/mol. The van der Waals surface area contributed by atoms with Crippen LogP contribution in [0.1, 0.15) is 64.2 Å². The third-order valence-corrected chi connectivity index (χ3v) is 2.77. The van der Waals surface area contributed by atoms with Gasteiger partial charge in [0, 0.05) is 0 Å². The van der Waals surface area contributed by atoms with Crippen LogP contribution in [0.15, 0.2) is 0 Å². The standard InChI is InChI=1S/C12H26N2O2.2Na/c15-13-11-9-7-5-3-1-2-4-6-8-10-12-14-16;;/h15-16H,1-12H2;;/q-2;2*+1. The normalized spacial score (nSPS) is 9.67. The maximum Gasteiger partial charge on any atom is 1.00 e. The Kier molecular flexibility index (Phi) is 33.0. The van der Waals surface area contributed by atoms with Gasteiger partial charge in [-0.3, -0.25) is 0 Å². The van der Waals surface area contributed by atoms with E-state index in [9.17, 15) is 0 Å². The van der Waals surface area contributed by atoms with Gasteiger partial charge in [0.1, 0.15) is 0 Å². The Morgan fingerprint density at radius 1 is 0.444 bits per heavy atom. The molecule has 0 aromatic heterocycles. The van der Waals surface area contributed by atoms with Gasteiger partial charge in [-0.05, 0) is 0 Å². The minimum absolute atomic E-state index is 0. The van der Waals surface area contributed by atoms with Crippen LogP contribution in [0, 0.1) is 0 Å². The molecule has 0 radical (unpaired) electrons. The Balaban J connectivity index is -0.00000112. The number of nitrogens with zero attached hydrogens (tertiary/aromatic N) is 2. The molecule has 4 nitrogen and oxygen atoms in total. The third-order valence-electron chi connectivity index (χ3n) is 2.77. The molecule has 0 spiro atoms. The molecule has 0 unspecified atom stereocenters. The fourth-order valence-corrected chi connectivity index (χ4v) is 1.78. The van der Waals surface area contributed by atoms with E-state index in [1.807, 2.05) is 0 Å². The molecule has 0 rings (SSSR count). The van der Waals surface area contributed by atoms with Crippen LogP contribution in [0.4, 0.5) is 0 Å². The van der Waals surface area contributed by atoms with Crippen molar-refractivity contribution in [1.29, 1.82) is 0 Å². The summed E-state index contributed by atoms with van der Waals surface area (Å²) in [6.07, 6.45) is 12.2. The molecular formula is C12H26N2Na2O2. The Morgan fingerprint density at radius 2 is 0.667 bits per heavy atom. The van der Waals surface area contributed by atoms with Crippen LogP contribution in [0.2, 0.25) is 0 Å². The molecule has 0 amide bonds. The molecule has 2 N–H and O–H groups in total. The van der Waals surface area contributed by atoms with E-state index in [1.54, 1.807) is 0 Å². The molecular weight excluding hydrogens is 250 g/mol. The number of hydrogen-bond donors (Lipinski definition) is 2. The summed E-state index contributed by atoms with van der Waals surface area (Å²) in [6.45, 7) is 1.19. The fraction of sp³-hybridized carbons (Fsp3) is 1.00. The smallest absolute Gasteiger partial charge is 0.538 e. The number of rotatable bonds is 13. The molecule has 0 aromatic rings. The zero-order valence-electron chi connectivity index (χ0n) is 12.3. The van der Waals surface area contributed by atoms with Crippen LogP contribution in [-0.4, -0.2) is 23.5 Å². The first-order chi connectivity index (χ1) is 7.91. The van der Waals surface area contributed by atoms with Gasteiger partial charge in [0.25, 0.3) is 0 Å². The summed E-state index contributed by atoms with van der Waals surface area (Å²) in [6, 6.07) is 0. The van der Waals surface area contributed by atoms with Gasteiger partial charge < -0.3 is 21.4 Å². The Morgan fingerprint density at radius 3 is 0.889 bits per heavy atom. The van der Waals surface area contributed by atoms with E-state index in [0.717, 1.165) is 12.8 Å². The quantitative estimate of drug-likeness (QED) is 0.242. The van der Waals surface area contributed by atoms with E-state index in [-0.39, 0.29) is 59.1 Å². The fourth-order valence-electron chi connectivity index (χ4n) is 1.78. The molecule has 0 aliphatic carbocycles. The van der Waals surface area contributed by atoms with Gasteiger partial charge in [0.05, 0.1) is 0 Å². The summed E-state index contributed by atoms with van der Waals surface area (Å²) in [4.78, 5) is 0. The Bertz CT molecular complexity index is 119. The first-order valence-electron chi connectivity index (χ1n) is 6.53. The van der Waals surface area contributed by atoms with Crippen LogP contribution in [0.5, 0.6) is 0 Å². The Hall–Kier alpha value is 1.84. The van der Waals surface area contributed by atoms with E-state index in [0.29, 0.717) is 13.1 Å². The second kappa shape index (κ2) is 23.9. The molecule has 0 aliphatic rings. The summed E-state index contributed by atoms with van der Waals surface area (Å²) >= 11 is 0. The SMILES string of the molecule is O[N-]CCCCCCCCCCCC[N-]O.[Na+].[Na+]. The van der Waals surface area contributed by atoms with Crippen LogP contribution in [0.3, 0.4) is 0 Å². The first kappa shape index (κ1) is 24.8. The molecule has 0 aromatic carbocycles. The molecule has 18 heavy (non-hydrogen) atoms. The van der Waals surface area contributed by atoms with Gasteiger partial charge in [-0.2, -0.15) is 0 Å². The van der Waals surface area contributed by atoms with Crippen molar-refractivity contribution in [2.24, 2.45) is 0 Å². The summed E-state index contributed by atoms with van der Waals surface area (Å²) in [5.41, 5.74) is 6.19. The van der Waals surface area contributed by atoms with Gasteiger partial charge in [-0.25, -0.2) is 0 Å². The van der Waals surface area contributed by atoms with Crippen molar-refractivity contribution in [2.45, 2.75) is 64.2 Å². The van der Waals surface area contributed by atoms with Gasteiger partial charge in [-0.1, -0.05) is 64.2 Å². The maximum atomic E-state index is 8.23. The first-order valence-corrected chi connectivity index (χ1v) is 6.53. The number of unbranched alkanes of at least 4 members (excludes halogenated alkanes) is 9. The van der Waals surface area contributed by atoms with Crippen molar-refractivity contribution in [1.82, 2.24) is 0 Å². The van der Waals surface area contributed by atoms with Crippen LogP contribution in [-0.2, 0) is 0 Å². The van der Waals surface area contributed by atoms with Crippen LogP contribution in [0.25, 0.3) is 11.0 Å². The predicted octanol–water partition coefficient (Wildman–Crippen LogP) is -1.58. The number of hydrogen-bond acceptors (Lipinski definition) is 2. The van der Waals surface area contributed by atoms with Crippen molar-refractivity contribution in [2.75, 3.05) is 13.1 Å². The molecule has 6 heteroatoms. The van der Waals surface area contributed by atoms with Gasteiger partial charge in [-0.15, -0.1) is 13.1 Å². The summed E-state index contributed by atoms with van der Waals surface area (Å²) in [5, 5.41) is 16.5.